The highest BCUT2D eigenvalue weighted by atomic mass is 14.9. The first kappa shape index (κ1) is 12.0. The van der Waals surface area contributed by atoms with Gasteiger partial charge in [-0.3, -0.25) is 0 Å². The summed E-state index contributed by atoms with van der Waals surface area (Å²) in [4.78, 5) is 0. The minimum absolute atomic E-state index is 0.775. The van der Waals surface area contributed by atoms with Crippen molar-refractivity contribution < 1.29 is 0 Å². The van der Waals surface area contributed by atoms with Crippen molar-refractivity contribution in [2.45, 2.75) is 64.8 Å². The predicted molar refractivity (Wildman–Crippen MR) is 56.5 cm³/mol. The van der Waals surface area contributed by atoms with Gasteiger partial charge in [-0.1, -0.05) is 46.0 Å². The van der Waals surface area contributed by atoms with Crippen LogP contribution in [0.3, 0.4) is 0 Å². The highest BCUT2D eigenvalue weighted by molar-refractivity contribution is 4.63. The summed E-state index contributed by atoms with van der Waals surface area (Å²) in [5.74, 6) is 0. The molecule has 0 amide bonds. The number of hydrogen-bond acceptors (Lipinski definition) is 1. The summed E-state index contributed by atoms with van der Waals surface area (Å²) in [5, 5.41) is 3.40. The molecule has 0 aliphatic rings. The Hall–Kier alpha value is -0.0400. The number of unbranched alkanes of at least 4 members (excludes halogenated alkanes) is 3. The van der Waals surface area contributed by atoms with Crippen LogP contribution in [0.2, 0.25) is 0 Å². The van der Waals surface area contributed by atoms with E-state index >= 15 is 0 Å². The lowest BCUT2D eigenvalue weighted by atomic mass is 10.0. The van der Waals surface area contributed by atoms with E-state index in [4.69, 9.17) is 0 Å². The standard InChI is InChI=1S/C11H25N/c1-4-6-8-10-11(12-3)9-7-5-2/h11-12H,4-10H2,1-3H3. The Morgan fingerprint density at radius 3 is 2.00 bits per heavy atom. The van der Waals surface area contributed by atoms with Crippen LogP contribution in [0.4, 0.5) is 0 Å². The van der Waals surface area contributed by atoms with Gasteiger partial charge in [0, 0.05) is 6.04 Å². The fraction of sp³-hybridized carbons (Fsp3) is 1.00. The van der Waals surface area contributed by atoms with Crippen LogP contribution in [-0.4, -0.2) is 13.1 Å². The topological polar surface area (TPSA) is 12.0 Å². The zero-order valence-electron chi connectivity index (χ0n) is 9.03. The van der Waals surface area contributed by atoms with E-state index in [-0.39, 0.29) is 0 Å². The molecule has 1 heteroatoms. The Balaban J connectivity index is 3.26. The Bertz CT molecular complexity index is 81.1. The summed E-state index contributed by atoms with van der Waals surface area (Å²) in [6, 6.07) is 0.775. The third-order valence-corrected chi connectivity index (χ3v) is 2.47. The maximum atomic E-state index is 3.40. The van der Waals surface area contributed by atoms with E-state index in [0.29, 0.717) is 0 Å². The SMILES string of the molecule is CCCCCC(CCCC)NC. The normalized spacial score (nSPS) is 13.2. The smallest absolute Gasteiger partial charge is 0.00640 e. The second-order valence-corrected chi connectivity index (χ2v) is 3.62. The molecule has 0 aromatic heterocycles. The zero-order valence-corrected chi connectivity index (χ0v) is 9.03. The largest absolute Gasteiger partial charge is 0.317 e. The van der Waals surface area contributed by atoms with Crippen molar-refractivity contribution in [3.8, 4) is 0 Å². The molecule has 0 aliphatic heterocycles. The molecule has 0 rings (SSSR count). The maximum Gasteiger partial charge on any atom is 0.00640 e. The second kappa shape index (κ2) is 9.05. The van der Waals surface area contributed by atoms with Gasteiger partial charge in [-0.2, -0.15) is 0 Å². The molecule has 0 saturated heterocycles. The third-order valence-electron chi connectivity index (χ3n) is 2.47. The van der Waals surface area contributed by atoms with Gasteiger partial charge in [-0.25, -0.2) is 0 Å². The van der Waals surface area contributed by atoms with Crippen LogP contribution in [0.5, 0.6) is 0 Å². The number of nitrogens with one attached hydrogen (secondary N) is 1. The summed E-state index contributed by atoms with van der Waals surface area (Å²) in [6.07, 6.45) is 9.55. The van der Waals surface area contributed by atoms with Crippen LogP contribution < -0.4 is 5.32 Å². The Morgan fingerprint density at radius 2 is 1.50 bits per heavy atom. The summed E-state index contributed by atoms with van der Waals surface area (Å²) in [6.45, 7) is 4.53. The Morgan fingerprint density at radius 1 is 0.917 bits per heavy atom. The van der Waals surface area contributed by atoms with Crippen LogP contribution in [0.25, 0.3) is 0 Å². The van der Waals surface area contributed by atoms with Crippen molar-refractivity contribution in [1.82, 2.24) is 5.32 Å². The van der Waals surface area contributed by atoms with E-state index < -0.39 is 0 Å². The summed E-state index contributed by atoms with van der Waals surface area (Å²) < 4.78 is 0. The first-order valence-electron chi connectivity index (χ1n) is 5.52. The molecular formula is C11H25N. The predicted octanol–water partition coefficient (Wildman–Crippen LogP) is 3.34. The lowest BCUT2D eigenvalue weighted by Crippen LogP contribution is -2.24. The molecule has 1 nitrogen and oxygen atoms in total. The minimum Gasteiger partial charge on any atom is -0.317 e. The van der Waals surface area contributed by atoms with Crippen molar-refractivity contribution >= 4 is 0 Å². The van der Waals surface area contributed by atoms with Gasteiger partial charge < -0.3 is 5.32 Å². The molecular weight excluding hydrogens is 146 g/mol. The second-order valence-electron chi connectivity index (χ2n) is 3.62. The fourth-order valence-corrected chi connectivity index (χ4v) is 1.52. The quantitative estimate of drug-likeness (QED) is 0.552. The maximum absolute atomic E-state index is 3.40. The molecule has 1 N–H and O–H groups in total. The van der Waals surface area contributed by atoms with Crippen molar-refractivity contribution in [2.24, 2.45) is 0 Å². The van der Waals surface area contributed by atoms with E-state index in [2.05, 4.69) is 26.2 Å². The van der Waals surface area contributed by atoms with E-state index in [9.17, 15) is 0 Å². The summed E-state index contributed by atoms with van der Waals surface area (Å²) >= 11 is 0. The van der Waals surface area contributed by atoms with Crippen LogP contribution in [-0.2, 0) is 0 Å². The summed E-state index contributed by atoms with van der Waals surface area (Å²) in [5.41, 5.74) is 0. The molecule has 1 atom stereocenters. The molecule has 1 unspecified atom stereocenters. The molecule has 0 aliphatic carbocycles. The summed E-state index contributed by atoms with van der Waals surface area (Å²) in [7, 11) is 2.09. The van der Waals surface area contributed by atoms with E-state index in [1.807, 2.05) is 0 Å². The van der Waals surface area contributed by atoms with Crippen molar-refractivity contribution in [2.75, 3.05) is 7.05 Å². The van der Waals surface area contributed by atoms with Gasteiger partial charge in [-0.05, 0) is 19.9 Å². The van der Waals surface area contributed by atoms with Crippen LogP contribution in [0.15, 0.2) is 0 Å². The molecule has 0 fully saturated rings. The molecule has 0 spiro atoms. The zero-order chi connectivity index (χ0) is 9.23. The molecule has 0 heterocycles. The van der Waals surface area contributed by atoms with Crippen LogP contribution >= 0.6 is 0 Å². The Labute approximate surface area is 77.9 Å². The first-order chi connectivity index (χ1) is 5.85. The first-order valence-corrected chi connectivity index (χ1v) is 5.52. The molecule has 74 valence electrons. The van der Waals surface area contributed by atoms with Crippen molar-refractivity contribution in [3.05, 3.63) is 0 Å². The molecule has 0 aromatic rings. The Kier molecular flexibility index (Phi) is 9.02. The van der Waals surface area contributed by atoms with Crippen molar-refractivity contribution in [1.29, 1.82) is 0 Å². The number of rotatable bonds is 8. The van der Waals surface area contributed by atoms with Crippen LogP contribution in [0, 0.1) is 0 Å². The average molecular weight is 171 g/mol. The van der Waals surface area contributed by atoms with Gasteiger partial charge in [0.15, 0.2) is 0 Å². The van der Waals surface area contributed by atoms with Gasteiger partial charge in [0.2, 0.25) is 0 Å². The molecule has 12 heavy (non-hydrogen) atoms. The van der Waals surface area contributed by atoms with Gasteiger partial charge in [0.25, 0.3) is 0 Å². The average Bonchev–Trinajstić information content (AvgIpc) is 2.11. The number of hydrogen-bond donors (Lipinski definition) is 1. The van der Waals surface area contributed by atoms with Gasteiger partial charge in [0.1, 0.15) is 0 Å². The van der Waals surface area contributed by atoms with E-state index in [0.717, 1.165) is 6.04 Å². The van der Waals surface area contributed by atoms with Crippen molar-refractivity contribution in [3.63, 3.8) is 0 Å². The lowest BCUT2D eigenvalue weighted by molar-refractivity contribution is 0.451. The lowest BCUT2D eigenvalue weighted by Gasteiger charge is -2.14. The van der Waals surface area contributed by atoms with Gasteiger partial charge in [-0.15, -0.1) is 0 Å². The molecule has 0 radical (unpaired) electrons. The monoisotopic (exact) mass is 171 g/mol. The van der Waals surface area contributed by atoms with Crippen LogP contribution in [0.1, 0.15) is 58.8 Å². The third kappa shape index (κ3) is 6.66. The fourth-order valence-electron chi connectivity index (χ4n) is 1.52. The highest BCUT2D eigenvalue weighted by Crippen LogP contribution is 2.08. The molecule has 0 saturated carbocycles. The molecule has 0 bridgehead atoms. The van der Waals surface area contributed by atoms with Gasteiger partial charge in [0.05, 0.1) is 0 Å². The minimum atomic E-state index is 0.775. The van der Waals surface area contributed by atoms with Gasteiger partial charge >= 0.3 is 0 Å². The van der Waals surface area contributed by atoms with E-state index in [1.165, 1.54) is 44.9 Å². The van der Waals surface area contributed by atoms with E-state index in [1.54, 1.807) is 0 Å². The highest BCUT2D eigenvalue weighted by Gasteiger charge is 2.03. The molecule has 0 aromatic carbocycles.